The van der Waals surface area contributed by atoms with Crippen LogP contribution in [0.15, 0.2) is 52.6 Å². The van der Waals surface area contributed by atoms with Gasteiger partial charge in [-0.1, -0.05) is 18.2 Å². The van der Waals surface area contributed by atoms with Gasteiger partial charge in [0.15, 0.2) is 18.1 Å². The normalized spacial score (nSPS) is 14.5. The molecule has 31 heavy (non-hydrogen) atoms. The van der Waals surface area contributed by atoms with Gasteiger partial charge in [-0.25, -0.2) is 14.5 Å². The Morgan fingerprint density at radius 3 is 2.52 bits per heavy atom. The van der Waals surface area contributed by atoms with E-state index in [9.17, 15) is 14.4 Å². The van der Waals surface area contributed by atoms with Crippen LogP contribution in [0.5, 0.6) is 11.5 Å². The number of esters is 1. The van der Waals surface area contributed by atoms with E-state index in [0.717, 1.165) is 4.90 Å². The summed E-state index contributed by atoms with van der Waals surface area (Å²) in [5.74, 6) is -0.245. The second-order valence-electron chi connectivity index (χ2n) is 6.32. The molecule has 1 fully saturated rings. The Balaban J connectivity index is 1.87. The number of nitrogens with zero attached hydrogens (tertiary/aromatic N) is 1. The summed E-state index contributed by atoms with van der Waals surface area (Å²) in [7, 11) is 0. The molecule has 0 spiro atoms. The van der Waals surface area contributed by atoms with Crippen LogP contribution in [0, 0.1) is 0 Å². The van der Waals surface area contributed by atoms with Crippen molar-refractivity contribution in [3.63, 3.8) is 0 Å². The number of rotatable bonds is 8. The van der Waals surface area contributed by atoms with Crippen LogP contribution < -0.4 is 19.7 Å². The standard InChI is InChI=1S/C22H21BrN2O6/c1-3-29-18-12-14(10-16(23)20(18)31-13-19(26)30-4-2)11-17-21(27)25(22(28)24-17)15-8-6-5-7-9-15/h5-12H,3-4,13H2,1-2H3,(H,24,28)/b17-11-. The highest BCUT2D eigenvalue weighted by atomic mass is 79.9. The molecular weight excluding hydrogens is 468 g/mol. The van der Waals surface area contributed by atoms with Crippen LogP contribution in [0.25, 0.3) is 6.08 Å². The predicted octanol–water partition coefficient (Wildman–Crippen LogP) is 3.89. The number of hydrogen-bond donors (Lipinski definition) is 1. The summed E-state index contributed by atoms with van der Waals surface area (Å²) in [4.78, 5) is 37.8. The number of imide groups is 1. The first-order valence-corrected chi connectivity index (χ1v) is 10.4. The van der Waals surface area contributed by atoms with Gasteiger partial charge < -0.3 is 19.5 Å². The first-order valence-electron chi connectivity index (χ1n) is 9.61. The van der Waals surface area contributed by atoms with Crippen molar-refractivity contribution < 1.29 is 28.6 Å². The third kappa shape index (κ3) is 5.24. The van der Waals surface area contributed by atoms with Crippen molar-refractivity contribution in [3.05, 3.63) is 58.2 Å². The molecule has 0 saturated carbocycles. The van der Waals surface area contributed by atoms with Gasteiger partial charge in [0.25, 0.3) is 5.91 Å². The molecule has 0 aliphatic carbocycles. The molecule has 1 saturated heterocycles. The summed E-state index contributed by atoms with van der Waals surface area (Å²) in [6.45, 7) is 3.87. The van der Waals surface area contributed by atoms with E-state index in [1.165, 1.54) is 0 Å². The lowest BCUT2D eigenvalue weighted by Crippen LogP contribution is -2.30. The van der Waals surface area contributed by atoms with Gasteiger partial charge in [0, 0.05) is 0 Å². The first-order chi connectivity index (χ1) is 14.9. The third-order valence-electron chi connectivity index (χ3n) is 4.17. The van der Waals surface area contributed by atoms with E-state index < -0.39 is 17.9 Å². The summed E-state index contributed by atoms with van der Waals surface area (Å²) < 4.78 is 16.6. The van der Waals surface area contributed by atoms with Gasteiger partial charge in [0.1, 0.15) is 5.70 Å². The molecule has 3 rings (SSSR count). The van der Waals surface area contributed by atoms with Gasteiger partial charge in [0.2, 0.25) is 0 Å². The second-order valence-corrected chi connectivity index (χ2v) is 7.18. The van der Waals surface area contributed by atoms with Gasteiger partial charge in [0.05, 0.1) is 23.4 Å². The molecule has 9 heteroatoms. The van der Waals surface area contributed by atoms with E-state index in [-0.39, 0.29) is 18.9 Å². The molecule has 2 aromatic carbocycles. The minimum Gasteiger partial charge on any atom is -0.490 e. The van der Waals surface area contributed by atoms with E-state index >= 15 is 0 Å². The van der Waals surface area contributed by atoms with Gasteiger partial charge >= 0.3 is 12.0 Å². The number of para-hydroxylation sites is 1. The van der Waals surface area contributed by atoms with E-state index in [1.807, 2.05) is 6.92 Å². The summed E-state index contributed by atoms with van der Waals surface area (Å²) >= 11 is 3.41. The Labute approximate surface area is 187 Å². The number of urea groups is 1. The predicted molar refractivity (Wildman–Crippen MR) is 118 cm³/mol. The second kappa shape index (κ2) is 10.1. The third-order valence-corrected chi connectivity index (χ3v) is 4.76. The maximum Gasteiger partial charge on any atom is 0.344 e. The van der Waals surface area contributed by atoms with Gasteiger partial charge in [-0.3, -0.25) is 4.79 Å². The Morgan fingerprint density at radius 2 is 1.84 bits per heavy atom. The van der Waals surface area contributed by atoms with Crippen molar-refractivity contribution in [2.75, 3.05) is 24.7 Å². The molecule has 2 aromatic rings. The number of hydrogen-bond acceptors (Lipinski definition) is 6. The molecule has 162 valence electrons. The van der Waals surface area contributed by atoms with Crippen LogP contribution in [0.4, 0.5) is 10.5 Å². The average molecular weight is 489 g/mol. The molecule has 3 amide bonds. The van der Waals surface area contributed by atoms with Crippen molar-refractivity contribution in [1.29, 1.82) is 0 Å². The monoisotopic (exact) mass is 488 g/mol. The summed E-state index contributed by atoms with van der Waals surface area (Å²) in [6, 6.07) is 11.5. The number of carbonyl (C=O) groups is 3. The van der Waals surface area contributed by atoms with Crippen molar-refractivity contribution in [3.8, 4) is 11.5 Å². The largest absolute Gasteiger partial charge is 0.490 e. The van der Waals surface area contributed by atoms with Gasteiger partial charge in [-0.2, -0.15) is 0 Å². The van der Waals surface area contributed by atoms with Crippen LogP contribution in [0.3, 0.4) is 0 Å². The zero-order chi connectivity index (χ0) is 22.4. The molecule has 1 heterocycles. The molecule has 1 N–H and O–H groups in total. The zero-order valence-electron chi connectivity index (χ0n) is 17.0. The Hall–Kier alpha value is -3.33. The topological polar surface area (TPSA) is 94.2 Å². The molecule has 1 aliphatic rings. The number of carbonyl (C=O) groups excluding carboxylic acids is 3. The Bertz CT molecular complexity index is 1020. The average Bonchev–Trinajstić information content (AvgIpc) is 3.01. The smallest absolute Gasteiger partial charge is 0.344 e. The fraction of sp³-hybridized carbons (Fsp3) is 0.227. The number of amides is 3. The highest BCUT2D eigenvalue weighted by Gasteiger charge is 2.34. The number of ether oxygens (including phenoxy) is 3. The summed E-state index contributed by atoms with van der Waals surface area (Å²) in [6.07, 6.45) is 1.55. The Morgan fingerprint density at radius 1 is 1.10 bits per heavy atom. The van der Waals surface area contributed by atoms with Gasteiger partial charge in [-0.05, 0) is 65.7 Å². The molecular formula is C22H21BrN2O6. The van der Waals surface area contributed by atoms with Crippen LogP contribution in [-0.4, -0.2) is 37.7 Å². The van der Waals surface area contributed by atoms with Gasteiger partial charge in [-0.15, -0.1) is 0 Å². The number of nitrogens with one attached hydrogen (secondary N) is 1. The van der Waals surface area contributed by atoms with E-state index in [1.54, 1.807) is 55.5 Å². The molecule has 0 radical (unpaired) electrons. The number of halogens is 1. The number of anilines is 1. The fourth-order valence-corrected chi connectivity index (χ4v) is 3.50. The van der Waals surface area contributed by atoms with E-state index in [0.29, 0.717) is 33.8 Å². The van der Waals surface area contributed by atoms with Crippen molar-refractivity contribution >= 4 is 45.6 Å². The zero-order valence-corrected chi connectivity index (χ0v) is 18.6. The molecule has 0 atom stereocenters. The molecule has 0 unspecified atom stereocenters. The molecule has 0 bridgehead atoms. The van der Waals surface area contributed by atoms with E-state index in [2.05, 4.69) is 21.2 Å². The van der Waals surface area contributed by atoms with Crippen molar-refractivity contribution in [2.24, 2.45) is 0 Å². The Kier molecular flexibility index (Phi) is 7.30. The van der Waals surface area contributed by atoms with Crippen LogP contribution >= 0.6 is 15.9 Å². The lowest BCUT2D eigenvalue weighted by molar-refractivity contribution is -0.145. The number of benzene rings is 2. The minimum absolute atomic E-state index is 0.128. The van der Waals surface area contributed by atoms with E-state index in [4.69, 9.17) is 14.2 Å². The lowest BCUT2D eigenvalue weighted by Gasteiger charge is -2.14. The maximum atomic E-state index is 12.8. The highest BCUT2D eigenvalue weighted by Crippen LogP contribution is 2.38. The molecule has 0 aromatic heterocycles. The maximum absolute atomic E-state index is 12.8. The van der Waals surface area contributed by atoms with Crippen molar-refractivity contribution in [1.82, 2.24) is 5.32 Å². The van der Waals surface area contributed by atoms with Crippen LogP contribution in [0.2, 0.25) is 0 Å². The highest BCUT2D eigenvalue weighted by molar-refractivity contribution is 9.10. The van der Waals surface area contributed by atoms with Crippen LogP contribution in [0.1, 0.15) is 19.4 Å². The fourth-order valence-electron chi connectivity index (χ4n) is 2.92. The summed E-state index contributed by atoms with van der Waals surface area (Å²) in [5.41, 5.74) is 1.20. The van der Waals surface area contributed by atoms with Crippen molar-refractivity contribution in [2.45, 2.75) is 13.8 Å². The molecule has 1 aliphatic heterocycles. The summed E-state index contributed by atoms with van der Waals surface area (Å²) in [5, 5.41) is 2.59. The quantitative estimate of drug-likeness (QED) is 0.344. The minimum atomic E-state index is -0.527. The van der Waals surface area contributed by atoms with Crippen LogP contribution in [-0.2, 0) is 14.3 Å². The lowest BCUT2D eigenvalue weighted by atomic mass is 10.1. The SMILES string of the molecule is CCOC(=O)COc1c(Br)cc(/C=C2\NC(=O)N(c3ccccc3)C2=O)cc1OCC. The first kappa shape index (κ1) is 22.4. The molecule has 8 nitrogen and oxygen atoms in total.